The van der Waals surface area contributed by atoms with Crippen molar-refractivity contribution in [2.24, 2.45) is 10.9 Å². The summed E-state index contributed by atoms with van der Waals surface area (Å²) in [7, 11) is 3.71. The lowest BCUT2D eigenvalue weighted by Crippen LogP contribution is -2.43. The van der Waals surface area contributed by atoms with Crippen molar-refractivity contribution in [3.05, 3.63) is 0 Å². The van der Waals surface area contributed by atoms with Crippen LogP contribution in [-0.4, -0.2) is 49.9 Å². The second kappa shape index (κ2) is 5.37. The number of aliphatic imine (C=N–C) groups is 1. The van der Waals surface area contributed by atoms with Crippen molar-refractivity contribution in [1.82, 2.24) is 4.90 Å². The topological polar surface area (TPSA) is 41.9 Å². The molecule has 4 heteroatoms. The average molecular weight is 212 g/mol. The zero-order valence-electron chi connectivity index (χ0n) is 9.99. The van der Waals surface area contributed by atoms with E-state index >= 15 is 0 Å². The maximum atomic E-state index is 11.5. The fourth-order valence-corrected chi connectivity index (χ4v) is 1.56. The van der Waals surface area contributed by atoms with Crippen LogP contribution in [0.1, 0.15) is 20.3 Å². The van der Waals surface area contributed by atoms with Gasteiger partial charge < -0.3 is 9.64 Å². The van der Waals surface area contributed by atoms with Gasteiger partial charge in [-0.1, -0.05) is 13.8 Å². The number of methoxy groups -OCH3 is 1. The minimum Gasteiger partial charge on any atom is -0.374 e. The third kappa shape index (κ3) is 3.39. The van der Waals surface area contributed by atoms with E-state index < -0.39 is 0 Å². The summed E-state index contributed by atoms with van der Waals surface area (Å²) in [6, 6.07) is 0. The molecule has 0 aromatic rings. The first-order valence-corrected chi connectivity index (χ1v) is 5.37. The van der Waals surface area contributed by atoms with Gasteiger partial charge in [-0.25, -0.2) is 4.99 Å². The van der Waals surface area contributed by atoms with Gasteiger partial charge in [-0.3, -0.25) is 4.79 Å². The maximum Gasteiger partial charge on any atom is 0.248 e. The molecular weight excluding hydrogens is 192 g/mol. The number of hydrogen-bond acceptors (Lipinski definition) is 3. The number of ether oxygens (including phenoxy) is 1. The molecule has 1 heterocycles. The molecule has 0 saturated carbocycles. The molecule has 0 N–H and O–H groups in total. The zero-order chi connectivity index (χ0) is 11.4. The van der Waals surface area contributed by atoms with Crippen LogP contribution in [0.3, 0.4) is 0 Å². The number of likely N-dealkylation sites (N-methyl/N-ethyl adjacent to an activating group) is 1. The average Bonchev–Trinajstić information content (AvgIpc) is 2.20. The van der Waals surface area contributed by atoms with Crippen molar-refractivity contribution < 1.29 is 9.53 Å². The summed E-state index contributed by atoms with van der Waals surface area (Å²) >= 11 is 0. The molecule has 0 aliphatic carbocycles. The normalized spacial score (nSPS) is 26.2. The smallest absolute Gasteiger partial charge is 0.248 e. The second-order valence-corrected chi connectivity index (χ2v) is 4.33. The van der Waals surface area contributed by atoms with Crippen molar-refractivity contribution >= 4 is 11.6 Å². The Morgan fingerprint density at radius 2 is 2.27 bits per heavy atom. The number of carbonyl (C=O) groups excluding carboxylic acids is 1. The molecule has 15 heavy (non-hydrogen) atoms. The lowest BCUT2D eigenvalue weighted by molar-refractivity contribution is -0.120. The van der Waals surface area contributed by atoms with E-state index in [9.17, 15) is 4.79 Å². The van der Waals surface area contributed by atoms with Crippen molar-refractivity contribution in [2.75, 3.05) is 27.2 Å². The van der Waals surface area contributed by atoms with Gasteiger partial charge in [0.25, 0.3) is 0 Å². The van der Waals surface area contributed by atoms with E-state index in [0.29, 0.717) is 0 Å². The van der Waals surface area contributed by atoms with E-state index in [2.05, 4.69) is 9.89 Å². The third-order valence-electron chi connectivity index (χ3n) is 2.63. The molecule has 1 atom stereocenters. The van der Waals surface area contributed by atoms with Crippen LogP contribution in [0, 0.1) is 5.92 Å². The van der Waals surface area contributed by atoms with E-state index in [1.807, 2.05) is 20.9 Å². The minimum absolute atomic E-state index is 0.0218. The van der Waals surface area contributed by atoms with Gasteiger partial charge in [0.1, 0.15) is 6.10 Å². The van der Waals surface area contributed by atoms with E-state index in [1.165, 1.54) is 0 Å². The first-order chi connectivity index (χ1) is 7.04. The molecular formula is C11H20N2O2. The Morgan fingerprint density at radius 3 is 2.80 bits per heavy atom. The van der Waals surface area contributed by atoms with E-state index in [0.717, 1.165) is 25.2 Å². The molecule has 1 fully saturated rings. The number of likely N-dealkylation sites (tertiary alicyclic amines) is 1. The van der Waals surface area contributed by atoms with Gasteiger partial charge in [0.05, 0.1) is 5.71 Å². The first-order valence-electron chi connectivity index (χ1n) is 5.37. The maximum absolute atomic E-state index is 11.5. The zero-order valence-corrected chi connectivity index (χ0v) is 9.99. The molecule has 1 rings (SSSR count). The number of nitrogens with zero attached hydrogens (tertiary/aromatic N) is 2. The summed E-state index contributed by atoms with van der Waals surface area (Å²) in [4.78, 5) is 17.8. The molecule has 1 amide bonds. The molecule has 0 aromatic carbocycles. The molecule has 86 valence electrons. The summed E-state index contributed by atoms with van der Waals surface area (Å²) in [5.41, 5.74) is 0.898. The molecule has 1 aliphatic rings. The van der Waals surface area contributed by atoms with Crippen LogP contribution in [0.5, 0.6) is 0 Å². The summed E-state index contributed by atoms with van der Waals surface area (Å²) < 4.78 is 5.33. The van der Waals surface area contributed by atoms with Gasteiger partial charge in [0, 0.05) is 32.5 Å². The molecule has 0 radical (unpaired) electrons. The van der Waals surface area contributed by atoms with Crippen molar-refractivity contribution in [3.63, 3.8) is 0 Å². The Bertz CT molecular complexity index is 261. The Balaban J connectivity index is 2.71. The number of amides is 1. The van der Waals surface area contributed by atoms with Gasteiger partial charge in [0.15, 0.2) is 0 Å². The highest BCUT2D eigenvalue weighted by atomic mass is 16.5. The van der Waals surface area contributed by atoms with Gasteiger partial charge >= 0.3 is 0 Å². The molecule has 1 saturated heterocycles. The molecule has 0 bridgehead atoms. The van der Waals surface area contributed by atoms with Crippen LogP contribution in [-0.2, 0) is 9.53 Å². The van der Waals surface area contributed by atoms with Crippen LogP contribution in [0.25, 0.3) is 0 Å². The Labute approximate surface area is 91.3 Å². The van der Waals surface area contributed by atoms with Crippen molar-refractivity contribution in [3.8, 4) is 0 Å². The summed E-state index contributed by atoms with van der Waals surface area (Å²) in [6.07, 6.45) is 0.805. The van der Waals surface area contributed by atoms with Crippen LogP contribution in [0.15, 0.2) is 4.99 Å². The molecule has 0 unspecified atom stereocenters. The number of carbonyl (C=O) groups is 1. The highest BCUT2D eigenvalue weighted by Gasteiger charge is 2.24. The minimum atomic E-state index is -0.0448. The van der Waals surface area contributed by atoms with Crippen LogP contribution in [0.2, 0.25) is 0 Å². The quantitative estimate of drug-likeness (QED) is 0.684. The SMILES string of the molecule is CO[C@H]1CN(C)CCC1=NC(=O)C(C)C. The van der Waals surface area contributed by atoms with Gasteiger partial charge in [0.2, 0.25) is 5.91 Å². The Hall–Kier alpha value is -0.740. The lowest BCUT2D eigenvalue weighted by Gasteiger charge is -2.30. The summed E-state index contributed by atoms with van der Waals surface area (Å²) in [6.45, 7) is 5.50. The monoisotopic (exact) mass is 212 g/mol. The van der Waals surface area contributed by atoms with E-state index in [4.69, 9.17) is 4.74 Å². The molecule has 0 spiro atoms. The molecule has 0 aromatic heterocycles. The fourth-order valence-electron chi connectivity index (χ4n) is 1.56. The fraction of sp³-hybridized carbons (Fsp3) is 0.818. The summed E-state index contributed by atoms with van der Waals surface area (Å²) in [5.74, 6) is -0.0775. The largest absolute Gasteiger partial charge is 0.374 e. The van der Waals surface area contributed by atoms with Gasteiger partial charge in [-0.15, -0.1) is 0 Å². The van der Waals surface area contributed by atoms with Crippen molar-refractivity contribution in [1.29, 1.82) is 0 Å². The number of rotatable bonds is 2. The van der Waals surface area contributed by atoms with Crippen LogP contribution < -0.4 is 0 Å². The third-order valence-corrected chi connectivity index (χ3v) is 2.63. The molecule has 4 nitrogen and oxygen atoms in total. The first kappa shape index (κ1) is 12.3. The highest BCUT2D eigenvalue weighted by Crippen LogP contribution is 2.10. The highest BCUT2D eigenvalue weighted by molar-refractivity contribution is 5.99. The Morgan fingerprint density at radius 1 is 1.60 bits per heavy atom. The number of piperidine rings is 1. The predicted octanol–water partition coefficient (Wildman–Crippen LogP) is 0.961. The van der Waals surface area contributed by atoms with Crippen LogP contribution in [0.4, 0.5) is 0 Å². The van der Waals surface area contributed by atoms with Gasteiger partial charge in [-0.05, 0) is 7.05 Å². The van der Waals surface area contributed by atoms with E-state index in [1.54, 1.807) is 7.11 Å². The summed E-state index contributed by atoms with van der Waals surface area (Å²) in [5, 5.41) is 0. The van der Waals surface area contributed by atoms with Crippen LogP contribution >= 0.6 is 0 Å². The standard InChI is InChI=1S/C11H20N2O2/c1-8(2)11(14)12-9-5-6-13(3)7-10(9)15-4/h8,10H,5-7H2,1-4H3/t10-/m0/s1. The van der Waals surface area contributed by atoms with Crippen molar-refractivity contribution in [2.45, 2.75) is 26.4 Å². The second-order valence-electron chi connectivity index (χ2n) is 4.33. The van der Waals surface area contributed by atoms with Gasteiger partial charge in [-0.2, -0.15) is 0 Å². The molecule has 1 aliphatic heterocycles. The van der Waals surface area contributed by atoms with E-state index in [-0.39, 0.29) is 17.9 Å². The number of hydrogen-bond donors (Lipinski definition) is 0. The lowest BCUT2D eigenvalue weighted by atomic mass is 10.1. The Kier molecular flexibility index (Phi) is 4.42. The predicted molar refractivity (Wildman–Crippen MR) is 60.2 cm³/mol.